The van der Waals surface area contributed by atoms with E-state index in [9.17, 15) is 12.8 Å². The SMILES string of the molecule is Cn1cnnc1-c1ccc(NS(=O)(=O)c2cccc(F)c2)cc1. The fourth-order valence-electron chi connectivity index (χ4n) is 2.08. The molecule has 6 nitrogen and oxygen atoms in total. The maximum absolute atomic E-state index is 13.2. The number of anilines is 1. The molecule has 0 unspecified atom stereocenters. The zero-order valence-corrected chi connectivity index (χ0v) is 13.0. The molecule has 3 rings (SSSR count). The van der Waals surface area contributed by atoms with Crippen LogP contribution in [0.4, 0.5) is 10.1 Å². The van der Waals surface area contributed by atoms with Crippen molar-refractivity contribution in [1.29, 1.82) is 0 Å². The van der Waals surface area contributed by atoms with Crippen LogP contribution in [0.1, 0.15) is 0 Å². The number of halogens is 1. The Kier molecular flexibility index (Phi) is 3.83. The minimum absolute atomic E-state index is 0.130. The molecule has 0 saturated heterocycles. The Balaban J connectivity index is 1.85. The van der Waals surface area contributed by atoms with E-state index in [-0.39, 0.29) is 4.90 Å². The van der Waals surface area contributed by atoms with Crippen LogP contribution in [0.15, 0.2) is 59.8 Å². The highest BCUT2D eigenvalue weighted by Crippen LogP contribution is 2.21. The maximum atomic E-state index is 13.2. The molecule has 0 aliphatic carbocycles. The second kappa shape index (κ2) is 5.81. The average molecular weight is 332 g/mol. The van der Waals surface area contributed by atoms with Crippen molar-refractivity contribution >= 4 is 15.7 Å². The molecular weight excluding hydrogens is 319 g/mol. The van der Waals surface area contributed by atoms with Crippen LogP contribution in [0.3, 0.4) is 0 Å². The Morgan fingerprint density at radius 1 is 1.13 bits per heavy atom. The summed E-state index contributed by atoms with van der Waals surface area (Å²) in [7, 11) is -2.02. The Morgan fingerprint density at radius 2 is 1.87 bits per heavy atom. The van der Waals surface area contributed by atoms with Gasteiger partial charge >= 0.3 is 0 Å². The largest absolute Gasteiger partial charge is 0.317 e. The number of sulfonamides is 1. The molecular formula is C15H13FN4O2S. The lowest BCUT2D eigenvalue weighted by Crippen LogP contribution is -2.13. The normalized spacial score (nSPS) is 11.4. The summed E-state index contributed by atoms with van der Waals surface area (Å²) in [5, 5.41) is 7.77. The Hall–Kier alpha value is -2.74. The van der Waals surface area contributed by atoms with Crippen molar-refractivity contribution in [2.24, 2.45) is 7.05 Å². The number of rotatable bonds is 4. The first kappa shape index (κ1) is 15.2. The number of benzene rings is 2. The van der Waals surface area contributed by atoms with Crippen LogP contribution in [0.2, 0.25) is 0 Å². The quantitative estimate of drug-likeness (QED) is 0.796. The molecule has 0 amide bonds. The standard InChI is InChI=1S/C15H13FN4O2S/c1-20-10-17-18-15(20)11-5-7-13(8-6-11)19-23(21,22)14-4-2-3-12(16)9-14/h2-10,19H,1H3. The van der Waals surface area contributed by atoms with E-state index in [2.05, 4.69) is 14.9 Å². The lowest BCUT2D eigenvalue weighted by molar-refractivity contribution is 0.595. The van der Waals surface area contributed by atoms with Crippen molar-refractivity contribution < 1.29 is 12.8 Å². The van der Waals surface area contributed by atoms with Crippen LogP contribution in [0, 0.1) is 5.82 Å². The van der Waals surface area contributed by atoms with Gasteiger partial charge < -0.3 is 4.57 Å². The number of aromatic nitrogens is 3. The molecule has 0 spiro atoms. The topological polar surface area (TPSA) is 76.9 Å². The van der Waals surface area contributed by atoms with E-state index in [1.165, 1.54) is 18.2 Å². The highest BCUT2D eigenvalue weighted by Gasteiger charge is 2.15. The lowest BCUT2D eigenvalue weighted by atomic mass is 10.2. The third-order valence-corrected chi connectivity index (χ3v) is 4.59. The first-order chi connectivity index (χ1) is 11.0. The second-order valence-electron chi connectivity index (χ2n) is 4.91. The van der Waals surface area contributed by atoms with Gasteiger partial charge in [0.1, 0.15) is 12.1 Å². The van der Waals surface area contributed by atoms with Gasteiger partial charge in [-0.2, -0.15) is 0 Å². The molecule has 0 aliphatic heterocycles. The van der Waals surface area contributed by atoms with Crippen LogP contribution >= 0.6 is 0 Å². The van der Waals surface area contributed by atoms with Gasteiger partial charge in [0.15, 0.2) is 5.82 Å². The predicted octanol–water partition coefficient (Wildman–Crippen LogP) is 2.42. The molecule has 0 fully saturated rings. The van der Waals surface area contributed by atoms with Gasteiger partial charge in [0.2, 0.25) is 0 Å². The Labute approximate surface area is 132 Å². The molecule has 1 N–H and O–H groups in total. The van der Waals surface area contributed by atoms with Crippen LogP contribution in [-0.2, 0) is 17.1 Å². The van der Waals surface area contributed by atoms with Crippen LogP contribution < -0.4 is 4.72 Å². The zero-order valence-electron chi connectivity index (χ0n) is 12.1. The van der Waals surface area contributed by atoms with E-state index in [1.807, 2.05) is 7.05 Å². The highest BCUT2D eigenvalue weighted by molar-refractivity contribution is 7.92. The summed E-state index contributed by atoms with van der Waals surface area (Å²) in [4.78, 5) is -0.130. The molecule has 0 radical (unpaired) electrons. The number of hydrogen-bond donors (Lipinski definition) is 1. The van der Waals surface area contributed by atoms with Gasteiger partial charge in [-0.3, -0.25) is 4.72 Å². The molecule has 0 aliphatic rings. The first-order valence-corrected chi connectivity index (χ1v) is 8.17. The second-order valence-corrected chi connectivity index (χ2v) is 6.59. The van der Waals surface area contributed by atoms with Gasteiger partial charge in [0.25, 0.3) is 10.0 Å². The summed E-state index contributed by atoms with van der Waals surface area (Å²) in [5.74, 6) is 0.0649. The summed E-state index contributed by atoms with van der Waals surface area (Å²) in [6, 6.07) is 11.5. The smallest absolute Gasteiger partial charge is 0.261 e. The number of hydrogen-bond acceptors (Lipinski definition) is 4. The van der Waals surface area contributed by atoms with Crippen molar-refractivity contribution in [3.63, 3.8) is 0 Å². The number of nitrogens with zero attached hydrogens (tertiary/aromatic N) is 3. The molecule has 0 atom stereocenters. The third kappa shape index (κ3) is 3.21. The van der Waals surface area contributed by atoms with E-state index in [4.69, 9.17) is 0 Å². The monoisotopic (exact) mass is 332 g/mol. The molecule has 0 saturated carbocycles. The Bertz CT molecular complexity index is 936. The summed E-state index contributed by atoms with van der Waals surface area (Å²) in [6.07, 6.45) is 1.58. The predicted molar refractivity (Wildman–Crippen MR) is 83.6 cm³/mol. The van der Waals surface area contributed by atoms with Crippen molar-refractivity contribution in [2.45, 2.75) is 4.90 Å². The third-order valence-electron chi connectivity index (χ3n) is 3.21. The minimum Gasteiger partial charge on any atom is -0.317 e. The maximum Gasteiger partial charge on any atom is 0.261 e. The van der Waals surface area contributed by atoms with E-state index < -0.39 is 15.8 Å². The van der Waals surface area contributed by atoms with Crippen molar-refractivity contribution in [2.75, 3.05) is 4.72 Å². The van der Waals surface area contributed by atoms with E-state index >= 15 is 0 Å². The molecule has 8 heteroatoms. The number of nitrogens with one attached hydrogen (secondary N) is 1. The molecule has 0 bridgehead atoms. The van der Waals surface area contributed by atoms with Gasteiger partial charge in [-0.05, 0) is 42.5 Å². The van der Waals surface area contributed by atoms with E-state index in [1.54, 1.807) is 35.2 Å². The summed E-state index contributed by atoms with van der Waals surface area (Å²) in [5.41, 5.74) is 1.18. The van der Waals surface area contributed by atoms with Gasteiger partial charge in [0, 0.05) is 18.3 Å². The fourth-order valence-corrected chi connectivity index (χ4v) is 3.17. The van der Waals surface area contributed by atoms with Gasteiger partial charge in [-0.25, -0.2) is 12.8 Å². The zero-order chi connectivity index (χ0) is 16.4. The van der Waals surface area contributed by atoms with Gasteiger partial charge in [-0.1, -0.05) is 6.07 Å². The summed E-state index contributed by atoms with van der Waals surface area (Å²) in [6.45, 7) is 0. The van der Waals surface area contributed by atoms with Gasteiger partial charge in [0.05, 0.1) is 4.90 Å². The van der Waals surface area contributed by atoms with Crippen LogP contribution in [0.25, 0.3) is 11.4 Å². The molecule has 1 heterocycles. The van der Waals surface area contributed by atoms with Crippen molar-refractivity contribution in [1.82, 2.24) is 14.8 Å². The number of aryl methyl sites for hydroxylation is 1. The Morgan fingerprint density at radius 3 is 2.48 bits per heavy atom. The highest BCUT2D eigenvalue weighted by atomic mass is 32.2. The fraction of sp³-hybridized carbons (Fsp3) is 0.0667. The average Bonchev–Trinajstić information content (AvgIpc) is 2.94. The van der Waals surface area contributed by atoms with Crippen molar-refractivity contribution in [3.8, 4) is 11.4 Å². The molecule has 1 aromatic heterocycles. The van der Waals surface area contributed by atoms with Crippen LogP contribution in [0.5, 0.6) is 0 Å². The van der Waals surface area contributed by atoms with E-state index in [0.29, 0.717) is 11.5 Å². The summed E-state index contributed by atoms with van der Waals surface area (Å²) < 4.78 is 41.8. The molecule has 118 valence electrons. The van der Waals surface area contributed by atoms with Crippen molar-refractivity contribution in [3.05, 3.63) is 60.7 Å². The summed E-state index contributed by atoms with van der Waals surface area (Å²) >= 11 is 0. The van der Waals surface area contributed by atoms with E-state index in [0.717, 1.165) is 11.6 Å². The molecule has 2 aromatic carbocycles. The lowest BCUT2D eigenvalue weighted by Gasteiger charge is -2.09. The van der Waals surface area contributed by atoms with Crippen LogP contribution in [-0.4, -0.2) is 23.2 Å². The molecule has 23 heavy (non-hydrogen) atoms. The first-order valence-electron chi connectivity index (χ1n) is 6.68. The van der Waals surface area contributed by atoms with Gasteiger partial charge in [-0.15, -0.1) is 10.2 Å². The minimum atomic E-state index is -3.83. The molecule has 3 aromatic rings.